The van der Waals surface area contributed by atoms with Crippen molar-refractivity contribution in [3.05, 3.63) is 52.4 Å². The van der Waals surface area contributed by atoms with Crippen LogP contribution in [0.15, 0.2) is 45.3 Å². The number of likely N-dealkylation sites (tertiary alicyclic amines) is 1. The predicted octanol–water partition coefficient (Wildman–Crippen LogP) is 4.49. The summed E-state index contributed by atoms with van der Waals surface area (Å²) >= 11 is 3.38. The smallest absolute Gasteiger partial charge is 0.258 e. The summed E-state index contributed by atoms with van der Waals surface area (Å²) < 4.78 is 12.4. The van der Waals surface area contributed by atoms with Gasteiger partial charge in [-0.25, -0.2) is 0 Å². The first kappa shape index (κ1) is 21.8. The lowest BCUT2D eigenvalue weighted by Crippen LogP contribution is -2.41. The number of nitrogens with zero attached hydrogens (tertiary/aromatic N) is 1. The molecule has 3 rings (SSSR count). The maximum Gasteiger partial charge on any atom is 0.258 e. The van der Waals surface area contributed by atoms with Gasteiger partial charge in [0.15, 0.2) is 6.61 Å². The van der Waals surface area contributed by atoms with E-state index < -0.39 is 0 Å². The van der Waals surface area contributed by atoms with E-state index in [2.05, 4.69) is 26.1 Å². The number of ether oxygens (including phenoxy) is 1. The Morgan fingerprint density at radius 2 is 1.89 bits per heavy atom. The molecule has 5 nitrogen and oxygen atoms in total. The minimum Gasteiger partial charge on any atom is -0.484 e. The van der Waals surface area contributed by atoms with Gasteiger partial charge in [0.05, 0.1) is 6.04 Å². The van der Waals surface area contributed by atoms with Crippen LogP contribution < -0.4 is 10.1 Å². The van der Waals surface area contributed by atoms with Crippen LogP contribution in [-0.4, -0.2) is 37.0 Å². The van der Waals surface area contributed by atoms with Gasteiger partial charge >= 0.3 is 0 Å². The van der Waals surface area contributed by atoms with E-state index >= 15 is 0 Å². The molecule has 0 bridgehead atoms. The first-order valence-corrected chi connectivity index (χ1v) is 9.86. The Hall–Kier alpha value is -1.50. The normalized spacial score (nSPS) is 15.6. The predicted molar refractivity (Wildman–Crippen MR) is 112 cm³/mol. The van der Waals surface area contributed by atoms with E-state index in [1.165, 1.54) is 19.3 Å². The molecule has 1 unspecified atom stereocenters. The van der Waals surface area contributed by atoms with Crippen molar-refractivity contribution in [2.24, 2.45) is 0 Å². The zero-order valence-corrected chi connectivity index (χ0v) is 17.9. The molecular formula is C20H26BrClN2O3. The number of carbonyl (C=O) groups excluding carboxylic acids is 1. The second-order valence-corrected chi connectivity index (χ2v) is 7.52. The van der Waals surface area contributed by atoms with Crippen molar-refractivity contribution >= 4 is 34.2 Å². The van der Waals surface area contributed by atoms with Crippen molar-refractivity contribution in [3.63, 3.8) is 0 Å². The lowest BCUT2D eigenvalue weighted by molar-refractivity contribution is -0.123. The van der Waals surface area contributed by atoms with Crippen LogP contribution in [0.5, 0.6) is 5.75 Å². The average molecular weight is 458 g/mol. The van der Waals surface area contributed by atoms with Gasteiger partial charge in [-0.2, -0.15) is 0 Å². The van der Waals surface area contributed by atoms with Crippen molar-refractivity contribution in [2.45, 2.75) is 32.2 Å². The molecule has 1 aromatic carbocycles. The minimum atomic E-state index is -0.127. The molecule has 1 saturated heterocycles. The molecule has 1 aliphatic heterocycles. The summed E-state index contributed by atoms with van der Waals surface area (Å²) in [4.78, 5) is 14.6. The highest BCUT2D eigenvalue weighted by atomic mass is 79.9. The molecule has 2 heterocycles. The maximum absolute atomic E-state index is 12.2. The second kappa shape index (κ2) is 10.7. The number of halogens is 2. The molecule has 148 valence electrons. The summed E-state index contributed by atoms with van der Waals surface area (Å²) in [7, 11) is 0. The standard InChI is InChI=1S/C20H25BrN2O3.ClH/c1-15-5-10-19(26-15)18(23-11-3-2-4-12-23)13-22-20(24)14-25-17-8-6-16(21)7-9-17;/h5-10,18H,2-4,11-14H2,1H3,(H,22,24);1H. The van der Waals surface area contributed by atoms with E-state index in [4.69, 9.17) is 9.15 Å². The number of rotatable bonds is 7. The number of carbonyl (C=O) groups is 1. The summed E-state index contributed by atoms with van der Waals surface area (Å²) in [6, 6.07) is 11.5. The second-order valence-electron chi connectivity index (χ2n) is 6.61. The van der Waals surface area contributed by atoms with Crippen LogP contribution in [0.2, 0.25) is 0 Å². The van der Waals surface area contributed by atoms with Crippen LogP contribution >= 0.6 is 28.3 Å². The van der Waals surface area contributed by atoms with Gasteiger partial charge in [-0.3, -0.25) is 9.69 Å². The highest BCUT2D eigenvalue weighted by Gasteiger charge is 2.25. The Kier molecular flexibility index (Phi) is 8.67. The van der Waals surface area contributed by atoms with Crippen molar-refractivity contribution in [1.82, 2.24) is 10.2 Å². The van der Waals surface area contributed by atoms with E-state index in [9.17, 15) is 4.79 Å². The molecule has 7 heteroatoms. The Balaban J connectivity index is 0.00000261. The van der Waals surface area contributed by atoms with Gasteiger partial charge in [0, 0.05) is 11.0 Å². The van der Waals surface area contributed by atoms with Crippen LogP contribution in [0.1, 0.15) is 36.8 Å². The molecule has 1 aliphatic rings. The van der Waals surface area contributed by atoms with Crippen molar-refractivity contribution in [3.8, 4) is 5.75 Å². The van der Waals surface area contributed by atoms with Gasteiger partial charge in [-0.05, 0) is 69.3 Å². The SMILES string of the molecule is Cc1ccc(C(CNC(=O)COc2ccc(Br)cc2)N2CCCCC2)o1.Cl. The van der Waals surface area contributed by atoms with Gasteiger partial charge in [0.2, 0.25) is 0 Å². The number of hydrogen-bond acceptors (Lipinski definition) is 4. The van der Waals surface area contributed by atoms with E-state index in [0.717, 1.165) is 29.1 Å². The van der Waals surface area contributed by atoms with Crippen LogP contribution in [0.25, 0.3) is 0 Å². The van der Waals surface area contributed by atoms with Gasteiger partial charge in [0.1, 0.15) is 17.3 Å². The number of nitrogens with one attached hydrogen (secondary N) is 1. The third-order valence-electron chi connectivity index (χ3n) is 4.60. The molecular weight excluding hydrogens is 432 g/mol. The number of amides is 1. The van der Waals surface area contributed by atoms with E-state index in [1.54, 1.807) is 0 Å². The summed E-state index contributed by atoms with van der Waals surface area (Å²) in [5.74, 6) is 2.36. The summed E-state index contributed by atoms with van der Waals surface area (Å²) in [6.07, 6.45) is 3.65. The largest absolute Gasteiger partial charge is 0.484 e. The van der Waals surface area contributed by atoms with Gasteiger partial charge in [0.25, 0.3) is 5.91 Å². The number of furan rings is 1. The summed E-state index contributed by atoms with van der Waals surface area (Å²) in [6.45, 7) is 4.55. The Morgan fingerprint density at radius 3 is 2.52 bits per heavy atom. The van der Waals surface area contributed by atoms with E-state index in [1.807, 2.05) is 43.3 Å². The first-order chi connectivity index (χ1) is 12.6. The number of hydrogen-bond donors (Lipinski definition) is 1. The van der Waals surface area contributed by atoms with Crippen LogP contribution in [-0.2, 0) is 4.79 Å². The number of aryl methyl sites for hydroxylation is 1. The molecule has 1 atom stereocenters. The molecule has 0 saturated carbocycles. The van der Waals surface area contributed by atoms with Crippen LogP contribution in [0.4, 0.5) is 0 Å². The fraction of sp³-hybridized carbons (Fsp3) is 0.450. The van der Waals surface area contributed by atoms with Crippen LogP contribution in [0, 0.1) is 6.92 Å². The zero-order valence-electron chi connectivity index (χ0n) is 15.4. The molecule has 1 amide bonds. The molecule has 0 spiro atoms. The molecule has 1 fully saturated rings. The van der Waals surface area contributed by atoms with Crippen molar-refractivity contribution < 1.29 is 13.9 Å². The Bertz CT molecular complexity index is 714. The highest BCUT2D eigenvalue weighted by Crippen LogP contribution is 2.25. The van der Waals surface area contributed by atoms with E-state index in [0.29, 0.717) is 12.3 Å². The fourth-order valence-electron chi connectivity index (χ4n) is 3.21. The summed E-state index contributed by atoms with van der Waals surface area (Å²) in [5, 5.41) is 2.99. The quantitative estimate of drug-likeness (QED) is 0.665. The van der Waals surface area contributed by atoms with Crippen LogP contribution in [0.3, 0.4) is 0 Å². The third-order valence-corrected chi connectivity index (χ3v) is 5.13. The molecule has 0 radical (unpaired) electrons. The highest BCUT2D eigenvalue weighted by molar-refractivity contribution is 9.10. The number of piperidine rings is 1. The molecule has 1 N–H and O–H groups in total. The van der Waals surface area contributed by atoms with Crippen molar-refractivity contribution in [1.29, 1.82) is 0 Å². The molecule has 1 aromatic heterocycles. The molecule has 0 aliphatic carbocycles. The monoisotopic (exact) mass is 456 g/mol. The maximum atomic E-state index is 12.2. The van der Waals surface area contributed by atoms with Gasteiger partial charge in [-0.1, -0.05) is 22.4 Å². The van der Waals surface area contributed by atoms with Gasteiger partial charge < -0.3 is 14.5 Å². The van der Waals surface area contributed by atoms with Gasteiger partial charge in [-0.15, -0.1) is 12.4 Å². The third kappa shape index (κ3) is 6.55. The Morgan fingerprint density at radius 1 is 1.19 bits per heavy atom. The number of benzene rings is 1. The summed E-state index contributed by atoms with van der Waals surface area (Å²) in [5.41, 5.74) is 0. The van der Waals surface area contributed by atoms with Crippen molar-refractivity contribution in [2.75, 3.05) is 26.2 Å². The minimum absolute atomic E-state index is 0. The lowest BCUT2D eigenvalue weighted by Gasteiger charge is -2.33. The topological polar surface area (TPSA) is 54.7 Å². The average Bonchev–Trinajstić information content (AvgIpc) is 3.08. The van der Waals surface area contributed by atoms with E-state index in [-0.39, 0.29) is 31.0 Å². The lowest BCUT2D eigenvalue weighted by atomic mass is 10.1. The first-order valence-electron chi connectivity index (χ1n) is 9.07. The fourth-order valence-corrected chi connectivity index (χ4v) is 3.48. The zero-order chi connectivity index (χ0) is 18.4. The molecule has 2 aromatic rings. The molecule has 27 heavy (non-hydrogen) atoms. The Labute approximate surface area is 175 Å².